The van der Waals surface area contributed by atoms with Gasteiger partial charge in [-0.25, -0.2) is 0 Å². The molecule has 3 N–H and O–H groups in total. The Morgan fingerprint density at radius 1 is 1.26 bits per heavy atom. The van der Waals surface area contributed by atoms with Gasteiger partial charge in [-0.1, -0.05) is 6.07 Å². The van der Waals surface area contributed by atoms with E-state index in [-0.39, 0.29) is 19.1 Å². The normalized spacial score (nSPS) is 12.3. The second kappa shape index (κ2) is 5.92. The van der Waals surface area contributed by atoms with E-state index >= 15 is 0 Å². The van der Waals surface area contributed by atoms with Crippen LogP contribution in [0.4, 0.5) is 5.00 Å². The molecule has 7 heteroatoms. The number of primary amides is 1. The summed E-state index contributed by atoms with van der Waals surface area (Å²) in [5.41, 5.74) is 7.40. The molecule has 3 rings (SSSR count). The van der Waals surface area contributed by atoms with E-state index in [0.717, 1.165) is 16.0 Å². The van der Waals surface area contributed by atoms with E-state index in [4.69, 9.17) is 15.2 Å². The molecule has 23 heavy (non-hydrogen) atoms. The van der Waals surface area contributed by atoms with Crippen LogP contribution in [0, 0.1) is 13.8 Å². The lowest BCUT2D eigenvalue weighted by Gasteiger charge is -2.06. The lowest BCUT2D eigenvalue weighted by molar-refractivity contribution is -0.115. The summed E-state index contributed by atoms with van der Waals surface area (Å²) in [5, 5.41) is 3.27. The van der Waals surface area contributed by atoms with Crippen LogP contribution < -0.4 is 20.5 Å². The minimum absolute atomic E-state index is 0.171. The van der Waals surface area contributed by atoms with Crippen LogP contribution in [-0.2, 0) is 11.2 Å². The molecule has 2 amide bonds. The number of aryl methyl sites for hydroxylation is 1. The van der Waals surface area contributed by atoms with E-state index in [1.165, 1.54) is 11.3 Å². The Kier molecular flexibility index (Phi) is 3.96. The van der Waals surface area contributed by atoms with Gasteiger partial charge in [0, 0.05) is 4.88 Å². The number of rotatable bonds is 4. The smallest absolute Gasteiger partial charge is 0.251 e. The van der Waals surface area contributed by atoms with Crippen LogP contribution in [0.15, 0.2) is 18.2 Å². The topological polar surface area (TPSA) is 90.7 Å². The van der Waals surface area contributed by atoms with Crippen molar-refractivity contribution in [2.75, 3.05) is 12.1 Å². The van der Waals surface area contributed by atoms with E-state index in [2.05, 4.69) is 5.32 Å². The zero-order valence-electron chi connectivity index (χ0n) is 12.8. The molecular formula is C16H16N2O4S. The highest BCUT2D eigenvalue weighted by molar-refractivity contribution is 7.16. The highest BCUT2D eigenvalue weighted by Gasteiger charge is 2.20. The standard InChI is InChI=1S/C16H16N2O4S/c1-8-9(2)23-16(14(8)15(17)20)18-13(19)6-10-3-4-11-12(5-10)22-7-21-11/h3-5H,6-7H2,1-2H3,(H2,17,20)(H,18,19). The summed E-state index contributed by atoms with van der Waals surface area (Å²) in [4.78, 5) is 24.8. The zero-order valence-corrected chi connectivity index (χ0v) is 13.6. The van der Waals surface area contributed by atoms with Crippen molar-refractivity contribution >= 4 is 28.2 Å². The number of nitrogens with one attached hydrogen (secondary N) is 1. The number of anilines is 1. The number of carbonyl (C=O) groups is 2. The van der Waals surface area contributed by atoms with Gasteiger partial charge < -0.3 is 20.5 Å². The maximum absolute atomic E-state index is 12.2. The second-order valence-corrected chi connectivity index (χ2v) is 6.49. The van der Waals surface area contributed by atoms with Crippen molar-refractivity contribution in [2.24, 2.45) is 5.73 Å². The predicted molar refractivity (Wildman–Crippen MR) is 87.2 cm³/mol. The fourth-order valence-corrected chi connectivity index (χ4v) is 3.50. The molecule has 0 fully saturated rings. The van der Waals surface area contributed by atoms with Crippen LogP contribution in [0.2, 0.25) is 0 Å². The highest BCUT2D eigenvalue weighted by atomic mass is 32.1. The largest absolute Gasteiger partial charge is 0.454 e. The lowest BCUT2D eigenvalue weighted by Crippen LogP contribution is -2.18. The molecule has 1 aromatic heterocycles. The molecule has 6 nitrogen and oxygen atoms in total. The number of benzene rings is 1. The molecule has 0 atom stereocenters. The maximum atomic E-state index is 12.2. The van der Waals surface area contributed by atoms with Crippen LogP contribution >= 0.6 is 11.3 Å². The molecule has 0 spiro atoms. The summed E-state index contributed by atoms with van der Waals surface area (Å²) < 4.78 is 10.5. The SMILES string of the molecule is Cc1sc(NC(=O)Cc2ccc3c(c2)OCO3)c(C(N)=O)c1C. The quantitative estimate of drug-likeness (QED) is 0.899. The van der Waals surface area contributed by atoms with Crippen molar-refractivity contribution in [2.45, 2.75) is 20.3 Å². The van der Waals surface area contributed by atoms with Crippen molar-refractivity contribution < 1.29 is 19.1 Å². The molecule has 0 aliphatic carbocycles. The molecule has 0 bridgehead atoms. The van der Waals surface area contributed by atoms with Crippen LogP contribution in [-0.4, -0.2) is 18.6 Å². The molecule has 0 saturated carbocycles. The van der Waals surface area contributed by atoms with Crippen LogP contribution in [0.3, 0.4) is 0 Å². The number of hydrogen-bond acceptors (Lipinski definition) is 5. The highest BCUT2D eigenvalue weighted by Crippen LogP contribution is 2.34. The third-order valence-corrected chi connectivity index (χ3v) is 4.81. The summed E-state index contributed by atoms with van der Waals surface area (Å²) in [5.74, 6) is 0.559. The van der Waals surface area contributed by atoms with Gasteiger partial charge in [0.1, 0.15) is 5.00 Å². The van der Waals surface area contributed by atoms with Gasteiger partial charge >= 0.3 is 0 Å². The third kappa shape index (κ3) is 3.00. The van der Waals surface area contributed by atoms with Gasteiger partial charge in [0.25, 0.3) is 5.91 Å². The molecule has 0 radical (unpaired) electrons. The molecular weight excluding hydrogens is 316 g/mol. The molecule has 120 valence electrons. The molecule has 0 unspecified atom stereocenters. The number of nitrogens with two attached hydrogens (primary N) is 1. The first kappa shape index (κ1) is 15.4. The Balaban J connectivity index is 1.75. The number of amides is 2. The van der Waals surface area contributed by atoms with Crippen molar-refractivity contribution in [1.29, 1.82) is 0 Å². The zero-order chi connectivity index (χ0) is 16.6. The van der Waals surface area contributed by atoms with Gasteiger partial charge in [-0.3, -0.25) is 9.59 Å². The second-order valence-electron chi connectivity index (χ2n) is 5.26. The third-order valence-electron chi connectivity index (χ3n) is 3.69. The number of carbonyl (C=O) groups excluding carboxylic acids is 2. The Hall–Kier alpha value is -2.54. The van der Waals surface area contributed by atoms with Crippen LogP contribution in [0.25, 0.3) is 0 Å². The van der Waals surface area contributed by atoms with Crippen molar-refractivity contribution in [3.63, 3.8) is 0 Å². The number of fused-ring (bicyclic) bond motifs is 1. The molecule has 0 saturated heterocycles. The first-order valence-corrected chi connectivity index (χ1v) is 7.85. The monoisotopic (exact) mass is 332 g/mol. The minimum Gasteiger partial charge on any atom is -0.454 e. The van der Waals surface area contributed by atoms with Gasteiger partial charge in [-0.15, -0.1) is 11.3 Å². The van der Waals surface area contributed by atoms with Crippen molar-refractivity contribution in [3.05, 3.63) is 39.8 Å². The molecule has 1 aromatic carbocycles. The van der Waals surface area contributed by atoms with Gasteiger partial charge in [0.2, 0.25) is 12.7 Å². The summed E-state index contributed by atoms with van der Waals surface area (Å²) >= 11 is 1.35. The fourth-order valence-electron chi connectivity index (χ4n) is 2.42. The Morgan fingerprint density at radius 2 is 2.00 bits per heavy atom. The van der Waals surface area contributed by atoms with Crippen molar-refractivity contribution in [3.8, 4) is 11.5 Å². The van der Waals surface area contributed by atoms with Gasteiger partial charge in [0.05, 0.1) is 12.0 Å². The number of ether oxygens (including phenoxy) is 2. The van der Waals surface area contributed by atoms with E-state index in [0.29, 0.717) is 22.1 Å². The molecule has 1 aliphatic heterocycles. The van der Waals surface area contributed by atoms with Crippen molar-refractivity contribution in [1.82, 2.24) is 0 Å². The predicted octanol–water partition coefficient (Wildman–Crippen LogP) is 2.37. The Bertz CT molecular complexity index is 798. The van der Waals surface area contributed by atoms with E-state index in [9.17, 15) is 9.59 Å². The first-order valence-electron chi connectivity index (χ1n) is 7.04. The molecule has 2 heterocycles. The average molecular weight is 332 g/mol. The maximum Gasteiger partial charge on any atom is 0.251 e. The lowest BCUT2D eigenvalue weighted by atomic mass is 10.1. The summed E-state index contributed by atoms with van der Waals surface area (Å²) in [6.45, 7) is 3.90. The van der Waals surface area contributed by atoms with E-state index < -0.39 is 5.91 Å². The Labute approximate surface area is 137 Å². The number of thiophene rings is 1. The fraction of sp³-hybridized carbons (Fsp3) is 0.250. The van der Waals surface area contributed by atoms with E-state index in [1.54, 1.807) is 12.1 Å². The summed E-state index contributed by atoms with van der Waals surface area (Å²) in [7, 11) is 0. The summed E-state index contributed by atoms with van der Waals surface area (Å²) in [6, 6.07) is 5.37. The molecule has 1 aliphatic rings. The van der Waals surface area contributed by atoms with Gasteiger partial charge in [-0.05, 0) is 37.1 Å². The number of hydrogen-bond donors (Lipinski definition) is 2. The Morgan fingerprint density at radius 3 is 2.74 bits per heavy atom. The average Bonchev–Trinajstić information content (AvgIpc) is 3.03. The minimum atomic E-state index is -0.537. The van der Waals surface area contributed by atoms with Crippen LogP contribution in [0.5, 0.6) is 11.5 Å². The van der Waals surface area contributed by atoms with Gasteiger partial charge in [0.15, 0.2) is 11.5 Å². The molecule has 2 aromatic rings. The van der Waals surface area contributed by atoms with E-state index in [1.807, 2.05) is 19.9 Å². The van der Waals surface area contributed by atoms with Crippen LogP contribution in [0.1, 0.15) is 26.4 Å². The summed E-state index contributed by atoms with van der Waals surface area (Å²) in [6.07, 6.45) is 0.171. The van der Waals surface area contributed by atoms with Gasteiger partial charge in [-0.2, -0.15) is 0 Å². The first-order chi connectivity index (χ1) is 11.0.